The van der Waals surface area contributed by atoms with E-state index in [4.69, 9.17) is 5.73 Å². The highest BCUT2D eigenvalue weighted by molar-refractivity contribution is 7.89. The fraction of sp³-hybridized carbons (Fsp3) is 0.571. The van der Waals surface area contributed by atoms with E-state index in [0.717, 1.165) is 19.3 Å². The molecule has 0 radical (unpaired) electrons. The maximum absolute atomic E-state index is 11.8. The van der Waals surface area contributed by atoms with Gasteiger partial charge in [-0.2, -0.15) is 0 Å². The number of hydrogen-bond donors (Lipinski definition) is 2. The maximum Gasteiger partial charge on any atom is 0.211 e. The van der Waals surface area contributed by atoms with E-state index in [1.807, 2.05) is 25.1 Å². The predicted octanol–water partition coefficient (Wildman–Crippen LogP) is 1.67. The van der Waals surface area contributed by atoms with Crippen LogP contribution in [0.25, 0.3) is 0 Å². The molecule has 3 N–H and O–H groups in total. The second-order valence-corrected chi connectivity index (χ2v) is 6.73. The highest BCUT2D eigenvalue weighted by atomic mass is 32.2. The first kappa shape index (κ1) is 16.1. The van der Waals surface area contributed by atoms with Crippen molar-refractivity contribution in [1.29, 1.82) is 0 Å². The van der Waals surface area contributed by atoms with E-state index in [0.29, 0.717) is 13.0 Å². The van der Waals surface area contributed by atoms with Gasteiger partial charge >= 0.3 is 0 Å². The summed E-state index contributed by atoms with van der Waals surface area (Å²) in [5.41, 5.74) is 6.59. The molecule has 0 aliphatic heterocycles. The van der Waals surface area contributed by atoms with Gasteiger partial charge in [0.15, 0.2) is 0 Å². The van der Waals surface area contributed by atoms with Crippen molar-refractivity contribution in [3.05, 3.63) is 35.9 Å². The summed E-state index contributed by atoms with van der Waals surface area (Å²) in [6, 6.07) is 10.1. The first-order chi connectivity index (χ1) is 9.03. The van der Waals surface area contributed by atoms with Crippen LogP contribution in [-0.4, -0.2) is 26.8 Å². The minimum absolute atomic E-state index is 0.0388. The lowest BCUT2D eigenvalue weighted by molar-refractivity contribution is 0.544. The van der Waals surface area contributed by atoms with Crippen molar-refractivity contribution in [3.63, 3.8) is 0 Å². The average molecular weight is 284 g/mol. The van der Waals surface area contributed by atoms with Gasteiger partial charge < -0.3 is 5.73 Å². The summed E-state index contributed by atoms with van der Waals surface area (Å²) >= 11 is 0. The zero-order chi connectivity index (χ0) is 14.1. The maximum atomic E-state index is 11.8. The minimum atomic E-state index is -3.16. The standard InChI is InChI=1S/C14H24N2O2S/c1-13(9-10-14-7-3-2-4-8-14)16-19(17,18)12-6-5-11-15/h2-4,7-8,13,16H,5-6,9-12,15H2,1H3. The molecule has 0 aliphatic rings. The summed E-state index contributed by atoms with van der Waals surface area (Å²) in [5, 5.41) is 0. The molecule has 0 heterocycles. The van der Waals surface area contributed by atoms with Gasteiger partial charge in [0.2, 0.25) is 10.0 Å². The van der Waals surface area contributed by atoms with E-state index in [2.05, 4.69) is 16.9 Å². The Hall–Kier alpha value is -0.910. The van der Waals surface area contributed by atoms with Gasteiger partial charge in [0.1, 0.15) is 0 Å². The van der Waals surface area contributed by atoms with Gasteiger partial charge in [0.25, 0.3) is 0 Å². The highest BCUT2D eigenvalue weighted by Crippen LogP contribution is 2.06. The van der Waals surface area contributed by atoms with Crippen LogP contribution in [0.5, 0.6) is 0 Å². The zero-order valence-corrected chi connectivity index (χ0v) is 12.3. The van der Waals surface area contributed by atoms with Crippen molar-refractivity contribution in [2.75, 3.05) is 12.3 Å². The third-order valence-electron chi connectivity index (χ3n) is 2.96. The monoisotopic (exact) mass is 284 g/mol. The number of unbranched alkanes of at least 4 members (excludes halogenated alkanes) is 1. The molecule has 0 saturated carbocycles. The van der Waals surface area contributed by atoms with Crippen LogP contribution < -0.4 is 10.5 Å². The molecule has 1 rings (SSSR count). The fourth-order valence-corrected chi connectivity index (χ4v) is 3.32. The van der Waals surface area contributed by atoms with Gasteiger partial charge in [-0.05, 0) is 44.7 Å². The molecule has 4 nitrogen and oxygen atoms in total. The van der Waals surface area contributed by atoms with Crippen LogP contribution in [0.15, 0.2) is 30.3 Å². The third kappa shape index (κ3) is 7.30. The second kappa shape index (κ2) is 8.30. The number of nitrogens with one attached hydrogen (secondary N) is 1. The van der Waals surface area contributed by atoms with E-state index in [-0.39, 0.29) is 11.8 Å². The van der Waals surface area contributed by atoms with Crippen molar-refractivity contribution in [2.24, 2.45) is 5.73 Å². The number of sulfonamides is 1. The molecule has 0 aliphatic carbocycles. The molecule has 19 heavy (non-hydrogen) atoms. The molecular formula is C14H24N2O2S. The van der Waals surface area contributed by atoms with Gasteiger partial charge in [0, 0.05) is 6.04 Å². The minimum Gasteiger partial charge on any atom is -0.330 e. The van der Waals surface area contributed by atoms with Crippen molar-refractivity contribution >= 4 is 10.0 Å². The van der Waals surface area contributed by atoms with Crippen LogP contribution in [0.1, 0.15) is 31.7 Å². The molecule has 0 saturated heterocycles. The fourth-order valence-electron chi connectivity index (χ4n) is 1.89. The molecule has 0 bridgehead atoms. The summed E-state index contributed by atoms with van der Waals surface area (Å²) in [4.78, 5) is 0. The van der Waals surface area contributed by atoms with Crippen LogP contribution in [0, 0.1) is 0 Å². The van der Waals surface area contributed by atoms with Gasteiger partial charge in [-0.3, -0.25) is 0 Å². The predicted molar refractivity (Wildman–Crippen MR) is 79.4 cm³/mol. The molecule has 5 heteroatoms. The molecule has 1 atom stereocenters. The van der Waals surface area contributed by atoms with Crippen LogP contribution in [0.2, 0.25) is 0 Å². The topological polar surface area (TPSA) is 72.2 Å². The number of benzene rings is 1. The number of nitrogens with two attached hydrogens (primary N) is 1. The second-order valence-electron chi connectivity index (χ2n) is 4.86. The first-order valence-electron chi connectivity index (χ1n) is 6.77. The van der Waals surface area contributed by atoms with E-state index in [9.17, 15) is 8.42 Å². The molecule has 1 aromatic carbocycles. The van der Waals surface area contributed by atoms with Gasteiger partial charge in [-0.1, -0.05) is 30.3 Å². The molecule has 1 unspecified atom stereocenters. The largest absolute Gasteiger partial charge is 0.330 e. The quantitative estimate of drug-likeness (QED) is 0.677. The molecule has 0 fully saturated rings. The van der Waals surface area contributed by atoms with Gasteiger partial charge in [0.05, 0.1) is 5.75 Å². The Morgan fingerprint density at radius 1 is 1.21 bits per heavy atom. The highest BCUT2D eigenvalue weighted by Gasteiger charge is 2.13. The molecule has 0 amide bonds. The molecule has 1 aromatic rings. The van der Waals surface area contributed by atoms with Crippen molar-refractivity contribution in [3.8, 4) is 0 Å². The van der Waals surface area contributed by atoms with Crippen LogP contribution in [0.3, 0.4) is 0 Å². The molecular weight excluding hydrogens is 260 g/mol. The lowest BCUT2D eigenvalue weighted by Gasteiger charge is -2.14. The summed E-state index contributed by atoms with van der Waals surface area (Å²) in [5.74, 6) is 0.167. The van der Waals surface area contributed by atoms with Gasteiger partial charge in [-0.15, -0.1) is 0 Å². The Bertz CT molecular complexity index is 446. The van der Waals surface area contributed by atoms with Crippen molar-refractivity contribution in [1.82, 2.24) is 4.72 Å². The Morgan fingerprint density at radius 3 is 2.53 bits per heavy atom. The van der Waals surface area contributed by atoms with E-state index < -0.39 is 10.0 Å². The van der Waals surface area contributed by atoms with E-state index in [1.165, 1.54) is 5.56 Å². The Labute approximate surface area is 116 Å². The number of hydrogen-bond acceptors (Lipinski definition) is 3. The van der Waals surface area contributed by atoms with Crippen LogP contribution >= 0.6 is 0 Å². The summed E-state index contributed by atoms with van der Waals surface area (Å²) in [6.07, 6.45) is 3.06. The zero-order valence-electron chi connectivity index (χ0n) is 11.5. The average Bonchev–Trinajstić information content (AvgIpc) is 2.37. The molecule has 108 valence electrons. The first-order valence-corrected chi connectivity index (χ1v) is 8.43. The summed E-state index contributed by atoms with van der Waals surface area (Å²) in [6.45, 7) is 2.45. The SMILES string of the molecule is CC(CCc1ccccc1)NS(=O)(=O)CCCCN. The lowest BCUT2D eigenvalue weighted by atomic mass is 10.1. The summed E-state index contributed by atoms with van der Waals surface area (Å²) < 4.78 is 26.3. The smallest absolute Gasteiger partial charge is 0.211 e. The normalized spacial score (nSPS) is 13.4. The Morgan fingerprint density at radius 2 is 1.89 bits per heavy atom. The third-order valence-corrected chi connectivity index (χ3v) is 4.54. The number of aryl methyl sites for hydroxylation is 1. The van der Waals surface area contributed by atoms with Crippen LogP contribution in [-0.2, 0) is 16.4 Å². The molecule has 0 spiro atoms. The summed E-state index contributed by atoms with van der Waals surface area (Å²) in [7, 11) is -3.16. The lowest BCUT2D eigenvalue weighted by Crippen LogP contribution is -2.34. The Kier molecular flexibility index (Phi) is 7.05. The van der Waals surface area contributed by atoms with E-state index >= 15 is 0 Å². The molecule has 0 aromatic heterocycles. The van der Waals surface area contributed by atoms with Crippen molar-refractivity contribution in [2.45, 2.75) is 38.6 Å². The van der Waals surface area contributed by atoms with Crippen LogP contribution in [0.4, 0.5) is 0 Å². The Balaban J connectivity index is 2.32. The van der Waals surface area contributed by atoms with Gasteiger partial charge in [-0.25, -0.2) is 13.1 Å². The van der Waals surface area contributed by atoms with E-state index in [1.54, 1.807) is 0 Å². The van der Waals surface area contributed by atoms with Crippen molar-refractivity contribution < 1.29 is 8.42 Å². The number of rotatable bonds is 9.